The Morgan fingerprint density at radius 2 is 2.44 bits per heavy atom. The molecule has 0 bridgehead atoms. The van der Waals surface area contributed by atoms with Gasteiger partial charge in [-0.3, -0.25) is 9.05 Å². The Labute approximate surface area is 62.6 Å². The molecule has 54 valence electrons. The third-order valence-electron chi connectivity index (χ3n) is 0.862. The summed E-state index contributed by atoms with van der Waals surface area (Å²) < 4.78 is 19.9. The molecule has 9 heavy (non-hydrogen) atoms. The monoisotopic (exact) mass is 190 g/mol. The van der Waals surface area contributed by atoms with Crippen molar-refractivity contribution < 1.29 is 13.6 Å². The predicted octanol–water partition coefficient (Wildman–Crippen LogP) is 1.99. The Balaban J connectivity index is 2.47. The summed E-state index contributed by atoms with van der Waals surface area (Å²) in [6.45, 7) is -3.00. The molecule has 1 heterocycles. The van der Waals surface area contributed by atoms with Gasteiger partial charge in [-0.2, -0.15) is 0 Å². The molecule has 0 aromatic heterocycles. The first-order valence-electron chi connectivity index (χ1n) is 2.32. The highest BCUT2D eigenvalue weighted by Crippen LogP contribution is 2.58. The number of hydrogen-bond donors (Lipinski definition) is 0. The van der Waals surface area contributed by atoms with E-state index in [1.165, 1.54) is 0 Å². The van der Waals surface area contributed by atoms with E-state index in [9.17, 15) is 4.57 Å². The summed E-state index contributed by atoms with van der Waals surface area (Å²) in [4.78, 5) is 0. The van der Waals surface area contributed by atoms with Crippen molar-refractivity contribution in [2.45, 2.75) is 6.10 Å². The van der Waals surface area contributed by atoms with E-state index in [0.29, 0.717) is 0 Å². The van der Waals surface area contributed by atoms with E-state index in [2.05, 4.69) is 9.05 Å². The lowest BCUT2D eigenvalue weighted by atomic mass is 10.5. The molecule has 3 nitrogen and oxygen atoms in total. The van der Waals surface area contributed by atoms with Gasteiger partial charge in [0.25, 0.3) is 0 Å². The number of alkyl halides is 1. The van der Waals surface area contributed by atoms with E-state index in [-0.39, 0.29) is 18.6 Å². The van der Waals surface area contributed by atoms with Crippen LogP contribution in [-0.4, -0.2) is 18.6 Å². The molecule has 0 saturated carbocycles. The predicted molar refractivity (Wildman–Crippen MR) is 35.0 cm³/mol. The minimum atomic E-state index is -3.23. The summed E-state index contributed by atoms with van der Waals surface area (Å²) in [5.41, 5.74) is 0. The standard InChI is InChI=1S/C3H5Cl2O3P/c4-1-3-2-7-9(5,6)8-3/h3H,1-2H2/t3-,9+/m1/s1. The first-order chi connectivity index (χ1) is 4.14. The third-order valence-corrected chi connectivity index (χ3v) is 2.75. The van der Waals surface area contributed by atoms with Gasteiger partial charge in [-0.1, -0.05) is 0 Å². The molecular formula is C3H5Cl2O3P. The molecule has 2 atom stereocenters. The van der Waals surface area contributed by atoms with E-state index in [0.717, 1.165) is 0 Å². The van der Waals surface area contributed by atoms with Gasteiger partial charge >= 0.3 is 6.95 Å². The Morgan fingerprint density at radius 3 is 2.67 bits per heavy atom. The van der Waals surface area contributed by atoms with Crippen LogP contribution >= 0.6 is 29.8 Å². The highest BCUT2D eigenvalue weighted by molar-refractivity contribution is 7.81. The zero-order valence-electron chi connectivity index (χ0n) is 4.42. The molecule has 0 unspecified atom stereocenters. The molecule has 1 fully saturated rings. The van der Waals surface area contributed by atoms with Gasteiger partial charge in [0.1, 0.15) is 6.10 Å². The maximum atomic E-state index is 10.6. The summed E-state index contributed by atoms with van der Waals surface area (Å²) >= 11 is 10.5. The van der Waals surface area contributed by atoms with Gasteiger partial charge in [-0.15, -0.1) is 11.6 Å². The van der Waals surface area contributed by atoms with E-state index < -0.39 is 6.95 Å². The number of rotatable bonds is 1. The normalized spacial score (nSPS) is 43.6. The van der Waals surface area contributed by atoms with Crippen LogP contribution in [-0.2, 0) is 13.6 Å². The van der Waals surface area contributed by atoms with E-state index in [1.807, 2.05) is 0 Å². The molecule has 6 heteroatoms. The lowest BCUT2D eigenvalue weighted by Gasteiger charge is -1.99. The van der Waals surface area contributed by atoms with Gasteiger partial charge in [0.15, 0.2) is 0 Å². The molecule has 1 aliphatic rings. The van der Waals surface area contributed by atoms with Gasteiger partial charge in [0.05, 0.1) is 12.5 Å². The van der Waals surface area contributed by atoms with Crippen LogP contribution < -0.4 is 0 Å². The molecule has 0 radical (unpaired) electrons. The fraction of sp³-hybridized carbons (Fsp3) is 1.00. The Kier molecular flexibility index (Phi) is 2.41. The summed E-state index contributed by atoms with van der Waals surface area (Å²) in [6.07, 6.45) is -0.310. The van der Waals surface area contributed by atoms with Crippen molar-refractivity contribution in [1.82, 2.24) is 0 Å². The summed E-state index contributed by atoms with van der Waals surface area (Å²) in [6, 6.07) is 0. The molecule has 0 aliphatic carbocycles. The summed E-state index contributed by atoms with van der Waals surface area (Å²) in [7, 11) is 0. The lowest BCUT2D eigenvalue weighted by molar-refractivity contribution is 0.262. The van der Waals surface area contributed by atoms with Crippen LogP contribution in [0.2, 0.25) is 0 Å². The van der Waals surface area contributed by atoms with Crippen LogP contribution in [0.4, 0.5) is 0 Å². The highest BCUT2D eigenvalue weighted by atomic mass is 35.7. The second kappa shape index (κ2) is 2.77. The van der Waals surface area contributed by atoms with Crippen LogP contribution in [0.5, 0.6) is 0 Å². The number of hydrogen-bond acceptors (Lipinski definition) is 3. The van der Waals surface area contributed by atoms with Crippen molar-refractivity contribution in [3.63, 3.8) is 0 Å². The minimum absolute atomic E-state index is 0.226. The SMILES string of the molecule is O=[P@@]1(Cl)OC[C@@H](CCl)O1. The van der Waals surface area contributed by atoms with Crippen LogP contribution in [0, 0.1) is 0 Å². The fourth-order valence-electron chi connectivity index (χ4n) is 0.484. The molecule has 1 saturated heterocycles. The van der Waals surface area contributed by atoms with Gasteiger partial charge in [-0.25, -0.2) is 4.57 Å². The van der Waals surface area contributed by atoms with Crippen molar-refractivity contribution in [2.75, 3.05) is 12.5 Å². The molecule has 0 spiro atoms. The fourth-order valence-corrected chi connectivity index (χ4v) is 2.13. The first-order valence-corrected chi connectivity index (χ1v) is 5.31. The van der Waals surface area contributed by atoms with Crippen molar-refractivity contribution >= 4 is 29.8 Å². The average molecular weight is 191 g/mol. The molecule has 0 N–H and O–H groups in total. The summed E-state index contributed by atoms with van der Waals surface area (Å²) in [5.74, 6) is 0.261. The van der Waals surface area contributed by atoms with Crippen molar-refractivity contribution in [3.8, 4) is 0 Å². The average Bonchev–Trinajstić information content (AvgIpc) is 2.10. The van der Waals surface area contributed by atoms with Crippen molar-refractivity contribution in [1.29, 1.82) is 0 Å². The Bertz CT molecular complexity index is 150. The molecule has 0 amide bonds. The maximum absolute atomic E-state index is 10.6. The smallest absolute Gasteiger partial charge is 0.294 e. The largest absolute Gasteiger partial charge is 0.424 e. The lowest BCUT2D eigenvalue weighted by Crippen LogP contribution is -2.09. The van der Waals surface area contributed by atoms with Crippen LogP contribution in [0.25, 0.3) is 0 Å². The molecule has 1 rings (SSSR count). The van der Waals surface area contributed by atoms with Crippen LogP contribution in [0.3, 0.4) is 0 Å². The van der Waals surface area contributed by atoms with Crippen LogP contribution in [0.15, 0.2) is 0 Å². The van der Waals surface area contributed by atoms with E-state index in [1.54, 1.807) is 0 Å². The van der Waals surface area contributed by atoms with E-state index >= 15 is 0 Å². The van der Waals surface area contributed by atoms with Gasteiger partial charge < -0.3 is 0 Å². The van der Waals surface area contributed by atoms with Crippen LogP contribution in [0.1, 0.15) is 0 Å². The number of halogens is 2. The van der Waals surface area contributed by atoms with Crippen molar-refractivity contribution in [2.24, 2.45) is 0 Å². The van der Waals surface area contributed by atoms with Gasteiger partial charge in [0.2, 0.25) is 0 Å². The zero-order valence-corrected chi connectivity index (χ0v) is 6.83. The Hall–Kier alpha value is 0.730. The third kappa shape index (κ3) is 2.10. The molecular weight excluding hydrogens is 186 g/mol. The maximum Gasteiger partial charge on any atom is 0.424 e. The zero-order chi connectivity index (χ0) is 6.91. The molecule has 0 aromatic rings. The van der Waals surface area contributed by atoms with Gasteiger partial charge in [0, 0.05) is 11.2 Å². The molecule has 1 aliphatic heterocycles. The molecule has 0 aromatic carbocycles. The minimum Gasteiger partial charge on any atom is -0.294 e. The quantitative estimate of drug-likeness (QED) is 0.469. The second-order valence-corrected chi connectivity index (χ2v) is 4.49. The first kappa shape index (κ1) is 7.83. The van der Waals surface area contributed by atoms with E-state index in [4.69, 9.17) is 22.8 Å². The van der Waals surface area contributed by atoms with Crippen molar-refractivity contribution in [3.05, 3.63) is 0 Å². The topological polar surface area (TPSA) is 35.5 Å². The Morgan fingerprint density at radius 1 is 1.78 bits per heavy atom. The van der Waals surface area contributed by atoms with Gasteiger partial charge in [-0.05, 0) is 0 Å². The second-order valence-electron chi connectivity index (χ2n) is 1.61. The highest BCUT2D eigenvalue weighted by Gasteiger charge is 2.34. The summed E-state index contributed by atoms with van der Waals surface area (Å²) in [5, 5.41) is 0.